The van der Waals surface area contributed by atoms with Crippen LogP contribution in [0.3, 0.4) is 0 Å². The third-order valence-corrected chi connectivity index (χ3v) is 7.06. The van der Waals surface area contributed by atoms with Crippen molar-refractivity contribution in [3.63, 3.8) is 0 Å². The highest BCUT2D eigenvalue weighted by Gasteiger charge is 2.14. The number of hydrogen-bond acceptors (Lipinski definition) is 4. The lowest BCUT2D eigenvalue weighted by molar-refractivity contribution is 1.50. The zero-order valence-electron chi connectivity index (χ0n) is 20.0. The molecule has 38 heavy (non-hydrogen) atoms. The van der Waals surface area contributed by atoms with E-state index in [0.717, 1.165) is 53.5 Å². The van der Waals surface area contributed by atoms with Crippen molar-refractivity contribution in [1.82, 2.24) is 0 Å². The molecule has 0 saturated carbocycles. The van der Waals surface area contributed by atoms with Gasteiger partial charge in [-0.15, -0.1) is 0 Å². The number of rotatable bonds is 0. The molecule has 4 heteroatoms. The average molecular weight is 481 g/mol. The standard InChI is InChI=1S/C34H16N4/c35-17-21(18-36)31-23-9-1-5-13-27(23)33(28-14-6-2-10-24(28)31)34-29-15-7-3-11-25(29)32(22(19-37)20-38)26-12-4-8-16-30(26)34/h1-16H. The van der Waals surface area contributed by atoms with Gasteiger partial charge in [-0.05, 0) is 53.5 Å². The Hall–Kier alpha value is -5.94. The van der Waals surface area contributed by atoms with E-state index in [1.807, 2.05) is 97.1 Å². The third kappa shape index (κ3) is 3.13. The summed E-state index contributed by atoms with van der Waals surface area (Å²) in [5.41, 5.74) is 0.132. The minimum absolute atomic E-state index is 0.0660. The van der Waals surface area contributed by atoms with Crippen LogP contribution in [0.1, 0.15) is 0 Å². The molecule has 0 saturated heterocycles. The predicted octanol–water partition coefficient (Wildman–Crippen LogP) is 5.98. The van der Waals surface area contributed by atoms with Gasteiger partial charge in [0.1, 0.15) is 35.4 Å². The fraction of sp³-hybridized carbons (Fsp3) is 0. The summed E-state index contributed by atoms with van der Waals surface area (Å²) in [7, 11) is 0. The van der Waals surface area contributed by atoms with Crippen LogP contribution in [0.5, 0.6) is 0 Å². The largest absolute Gasteiger partial charge is 0.192 e. The predicted molar refractivity (Wildman–Crippen MR) is 149 cm³/mol. The van der Waals surface area contributed by atoms with Crippen LogP contribution in [0, 0.1) is 55.8 Å². The molecule has 0 unspecified atom stereocenters. The molecule has 0 bridgehead atoms. The van der Waals surface area contributed by atoms with Crippen LogP contribution >= 0.6 is 0 Å². The van der Waals surface area contributed by atoms with E-state index in [0.29, 0.717) is 10.4 Å². The van der Waals surface area contributed by atoms with E-state index in [1.165, 1.54) is 0 Å². The molecule has 0 heterocycles. The second kappa shape index (κ2) is 8.93. The van der Waals surface area contributed by atoms with Gasteiger partial charge in [-0.3, -0.25) is 0 Å². The van der Waals surface area contributed by atoms with Crippen molar-refractivity contribution in [2.24, 2.45) is 0 Å². The van der Waals surface area contributed by atoms with Crippen molar-refractivity contribution < 1.29 is 0 Å². The maximum atomic E-state index is 9.83. The molecule has 0 fully saturated rings. The van der Waals surface area contributed by atoms with Crippen molar-refractivity contribution in [2.45, 2.75) is 0 Å². The summed E-state index contributed by atoms with van der Waals surface area (Å²) in [5, 5.41) is 49.5. The Morgan fingerprint density at radius 3 is 0.763 bits per heavy atom. The van der Waals surface area contributed by atoms with Crippen LogP contribution in [-0.2, 0) is 0 Å². The minimum Gasteiger partial charge on any atom is -0.192 e. The molecule has 0 atom stereocenters. The maximum absolute atomic E-state index is 9.83. The lowest BCUT2D eigenvalue weighted by Crippen LogP contribution is -2.11. The molecule has 4 nitrogen and oxygen atoms in total. The quantitative estimate of drug-likeness (QED) is 0.250. The molecule has 172 valence electrons. The highest BCUT2D eigenvalue weighted by molar-refractivity contribution is 6.08. The van der Waals surface area contributed by atoms with E-state index in [2.05, 4.69) is 24.3 Å². The number of fused-ring (bicyclic) bond motifs is 4. The molecule has 0 amide bonds. The molecule has 0 aliphatic carbocycles. The van der Waals surface area contributed by atoms with Gasteiger partial charge in [0.15, 0.2) is 0 Å². The summed E-state index contributed by atoms with van der Waals surface area (Å²) < 4.78 is 0. The van der Waals surface area contributed by atoms with Gasteiger partial charge in [-0.2, -0.15) is 21.0 Å². The van der Waals surface area contributed by atoms with Crippen molar-refractivity contribution in [1.29, 1.82) is 21.0 Å². The molecule has 0 aromatic heterocycles. The summed E-state index contributed by atoms with van der Waals surface area (Å²) >= 11 is 0. The van der Waals surface area contributed by atoms with E-state index >= 15 is 0 Å². The Morgan fingerprint density at radius 1 is 0.342 bits per heavy atom. The van der Waals surface area contributed by atoms with Gasteiger partial charge in [-0.25, -0.2) is 0 Å². The number of nitriles is 4. The normalized spacial score (nSPS) is 10.5. The molecule has 0 spiro atoms. The first-order valence-corrected chi connectivity index (χ1v) is 12.0. The first kappa shape index (κ1) is 22.5. The molecule has 6 aromatic carbocycles. The third-order valence-electron chi connectivity index (χ3n) is 7.06. The van der Waals surface area contributed by atoms with Gasteiger partial charge in [0, 0.05) is 10.4 Å². The molecule has 6 aromatic rings. The lowest BCUT2D eigenvalue weighted by atomic mass is 9.90. The van der Waals surface area contributed by atoms with Crippen LogP contribution < -0.4 is 10.4 Å². The van der Waals surface area contributed by atoms with Gasteiger partial charge in [0.05, 0.1) is 0 Å². The van der Waals surface area contributed by atoms with Crippen LogP contribution in [0.15, 0.2) is 97.1 Å². The summed E-state index contributed by atoms with van der Waals surface area (Å²) in [6, 6.07) is 39.7. The van der Waals surface area contributed by atoms with E-state index in [-0.39, 0.29) is 11.1 Å². The second-order valence-corrected chi connectivity index (χ2v) is 8.88. The van der Waals surface area contributed by atoms with Crippen LogP contribution in [0.2, 0.25) is 0 Å². The monoisotopic (exact) mass is 480 g/mol. The second-order valence-electron chi connectivity index (χ2n) is 8.88. The number of benzene rings is 6. The molecular formula is C34H16N4. The summed E-state index contributed by atoms with van der Waals surface area (Å²) in [6.07, 6.45) is 0. The molecule has 0 radical (unpaired) electrons. The Bertz CT molecular complexity index is 2060. The summed E-state index contributed by atoms with van der Waals surface area (Å²) in [6.45, 7) is 0. The SMILES string of the molecule is N#CC(C#N)=c1c2ccccc2c(=c2c3ccccc3c(=C(C#N)C#N)c3ccccc23)c2ccccc12. The van der Waals surface area contributed by atoms with E-state index in [4.69, 9.17) is 0 Å². The minimum atomic E-state index is 0.0660. The topological polar surface area (TPSA) is 95.2 Å². The molecule has 0 aliphatic rings. The smallest absolute Gasteiger partial charge is 0.138 e. The number of nitrogens with zero attached hydrogens (tertiary/aromatic N) is 4. The van der Waals surface area contributed by atoms with Crippen LogP contribution in [0.4, 0.5) is 0 Å². The van der Waals surface area contributed by atoms with Crippen molar-refractivity contribution in [3.8, 4) is 24.3 Å². The molecule has 0 N–H and O–H groups in total. The Kier molecular flexibility index (Phi) is 5.29. The summed E-state index contributed by atoms with van der Waals surface area (Å²) in [4.78, 5) is 0. The number of hydrogen-bond donors (Lipinski definition) is 0. The molecule has 0 aliphatic heterocycles. The zero-order valence-corrected chi connectivity index (χ0v) is 20.0. The Balaban J connectivity index is 2.19. The van der Waals surface area contributed by atoms with Crippen molar-refractivity contribution in [2.75, 3.05) is 0 Å². The van der Waals surface area contributed by atoms with E-state index in [9.17, 15) is 21.0 Å². The molecular weight excluding hydrogens is 464 g/mol. The van der Waals surface area contributed by atoms with Crippen molar-refractivity contribution in [3.05, 3.63) is 118 Å². The van der Waals surface area contributed by atoms with Gasteiger partial charge in [0.25, 0.3) is 0 Å². The van der Waals surface area contributed by atoms with E-state index < -0.39 is 0 Å². The first-order chi connectivity index (χ1) is 18.7. The zero-order chi connectivity index (χ0) is 26.2. The van der Waals surface area contributed by atoms with Gasteiger partial charge in [-0.1, -0.05) is 97.1 Å². The van der Waals surface area contributed by atoms with Gasteiger partial charge < -0.3 is 0 Å². The Morgan fingerprint density at radius 2 is 0.553 bits per heavy atom. The highest BCUT2D eigenvalue weighted by Crippen LogP contribution is 2.29. The van der Waals surface area contributed by atoms with E-state index in [1.54, 1.807) is 0 Å². The van der Waals surface area contributed by atoms with Gasteiger partial charge in [0.2, 0.25) is 0 Å². The maximum Gasteiger partial charge on any atom is 0.138 e. The van der Waals surface area contributed by atoms with Crippen LogP contribution in [0.25, 0.3) is 54.2 Å². The first-order valence-electron chi connectivity index (χ1n) is 12.0. The summed E-state index contributed by atoms with van der Waals surface area (Å²) in [5.74, 6) is 0. The lowest BCUT2D eigenvalue weighted by Gasteiger charge is -2.12. The fourth-order valence-electron chi connectivity index (χ4n) is 5.61. The van der Waals surface area contributed by atoms with Gasteiger partial charge >= 0.3 is 0 Å². The van der Waals surface area contributed by atoms with Crippen molar-refractivity contribution >= 4 is 54.2 Å². The fourth-order valence-corrected chi connectivity index (χ4v) is 5.61. The van der Waals surface area contributed by atoms with Crippen LogP contribution in [-0.4, -0.2) is 0 Å². The molecule has 6 rings (SSSR count). The highest BCUT2D eigenvalue weighted by atomic mass is 14.3. The average Bonchev–Trinajstić information content (AvgIpc) is 2.98. The Labute approximate surface area is 217 Å².